The topological polar surface area (TPSA) is 85.6 Å². The van der Waals surface area contributed by atoms with Gasteiger partial charge in [0.15, 0.2) is 12.4 Å². The molecule has 0 aliphatic rings. The molecule has 29 heavy (non-hydrogen) atoms. The molecule has 0 unspecified atom stereocenters. The van der Waals surface area contributed by atoms with Gasteiger partial charge in [0.25, 0.3) is 5.91 Å². The average Bonchev–Trinajstić information content (AvgIpc) is 3.22. The molecule has 1 aromatic heterocycles. The Bertz CT molecular complexity index is 1070. The van der Waals surface area contributed by atoms with Gasteiger partial charge in [0.1, 0.15) is 0 Å². The van der Waals surface area contributed by atoms with E-state index in [2.05, 4.69) is 5.32 Å². The summed E-state index contributed by atoms with van der Waals surface area (Å²) in [4.78, 5) is 36.9. The molecule has 1 heterocycles. The maximum atomic E-state index is 12.4. The molecule has 0 aliphatic heterocycles. The molecule has 1 N–H and O–H groups in total. The summed E-state index contributed by atoms with van der Waals surface area (Å²) in [5, 5.41) is 2.70. The highest BCUT2D eigenvalue weighted by Crippen LogP contribution is 2.19. The van der Waals surface area contributed by atoms with Crippen molar-refractivity contribution in [2.24, 2.45) is 0 Å². The molecule has 0 saturated carbocycles. The largest absolute Gasteiger partial charge is 0.459 e. The van der Waals surface area contributed by atoms with Crippen molar-refractivity contribution in [3.63, 3.8) is 0 Å². The van der Waals surface area contributed by atoms with Gasteiger partial charge in [0.2, 0.25) is 5.78 Å². The predicted molar refractivity (Wildman–Crippen MR) is 108 cm³/mol. The van der Waals surface area contributed by atoms with Crippen LogP contribution in [0.25, 0.3) is 0 Å². The van der Waals surface area contributed by atoms with Crippen LogP contribution in [0.4, 0.5) is 5.69 Å². The van der Waals surface area contributed by atoms with Crippen LogP contribution in [0.1, 0.15) is 48.0 Å². The van der Waals surface area contributed by atoms with Crippen LogP contribution < -0.4 is 5.32 Å². The number of aryl methyl sites for hydroxylation is 3. The third-order valence-corrected chi connectivity index (χ3v) is 4.48. The first kappa shape index (κ1) is 20.1. The molecule has 0 fully saturated rings. The number of Topliss-reactive ketones (excluding diaryl/α,β-unsaturated/α-hetero) is 1. The first-order chi connectivity index (χ1) is 13.8. The van der Waals surface area contributed by atoms with Gasteiger partial charge in [-0.3, -0.25) is 9.59 Å². The van der Waals surface area contributed by atoms with E-state index in [1.54, 1.807) is 37.3 Å². The molecule has 6 nitrogen and oxygen atoms in total. The summed E-state index contributed by atoms with van der Waals surface area (Å²) in [5.41, 5.74) is 3.89. The highest BCUT2D eigenvalue weighted by molar-refractivity contribution is 6.04. The fraction of sp³-hybridized carbons (Fsp3) is 0.174. The molecule has 0 saturated heterocycles. The Kier molecular flexibility index (Phi) is 5.93. The van der Waals surface area contributed by atoms with Crippen LogP contribution in [0.3, 0.4) is 0 Å². The molecule has 0 aliphatic carbocycles. The molecule has 3 aromatic rings. The Morgan fingerprint density at radius 3 is 2.45 bits per heavy atom. The van der Waals surface area contributed by atoms with Gasteiger partial charge in [-0.2, -0.15) is 0 Å². The summed E-state index contributed by atoms with van der Waals surface area (Å²) >= 11 is 0. The Morgan fingerprint density at radius 2 is 1.76 bits per heavy atom. The third kappa shape index (κ3) is 4.79. The Balaban J connectivity index is 1.67. The lowest BCUT2D eigenvalue weighted by Crippen LogP contribution is -2.16. The minimum absolute atomic E-state index is 0.163. The predicted octanol–water partition coefficient (Wildman–Crippen LogP) is 4.50. The lowest BCUT2D eigenvalue weighted by molar-refractivity contribution is 0.0474. The number of rotatable bonds is 6. The molecule has 0 spiro atoms. The van der Waals surface area contributed by atoms with Crippen molar-refractivity contribution in [3.05, 3.63) is 88.4 Å². The second kappa shape index (κ2) is 8.56. The van der Waals surface area contributed by atoms with E-state index in [0.29, 0.717) is 11.3 Å². The smallest absolute Gasteiger partial charge is 0.338 e. The van der Waals surface area contributed by atoms with Gasteiger partial charge < -0.3 is 14.5 Å². The number of amides is 1. The number of hydrogen-bond acceptors (Lipinski definition) is 5. The van der Waals surface area contributed by atoms with Gasteiger partial charge in [0, 0.05) is 11.3 Å². The summed E-state index contributed by atoms with van der Waals surface area (Å²) in [6.45, 7) is 5.23. The minimum Gasteiger partial charge on any atom is -0.459 e. The standard InChI is InChI=1S/C23H21NO5/c1-14-6-9-18(16(3)11-14)20(25)13-29-23(27)17-8-7-15(2)19(12-17)24-22(26)21-5-4-10-28-21/h4-12H,13H2,1-3H3,(H,24,26). The number of benzene rings is 2. The summed E-state index contributed by atoms with van der Waals surface area (Å²) in [6, 6.07) is 13.4. The van der Waals surface area contributed by atoms with E-state index in [4.69, 9.17) is 9.15 Å². The normalized spacial score (nSPS) is 10.4. The SMILES string of the molecule is Cc1ccc(C(=O)COC(=O)c2ccc(C)c(NC(=O)c3ccco3)c2)c(C)c1. The fourth-order valence-corrected chi connectivity index (χ4v) is 2.89. The zero-order chi connectivity index (χ0) is 21.0. The summed E-state index contributed by atoms with van der Waals surface area (Å²) < 4.78 is 10.2. The van der Waals surface area contributed by atoms with Crippen LogP contribution in [-0.2, 0) is 4.74 Å². The molecule has 0 radical (unpaired) electrons. The highest BCUT2D eigenvalue weighted by atomic mass is 16.5. The van der Waals surface area contributed by atoms with Crippen molar-refractivity contribution >= 4 is 23.3 Å². The number of nitrogens with one attached hydrogen (secondary N) is 1. The van der Waals surface area contributed by atoms with Crippen LogP contribution in [0.15, 0.2) is 59.2 Å². The van der Waals surface area contributed by atoms with Crippen molar-refractivity contribution in [2.75, 3.05) is 11.9 Å². The van der Waals surface area contributed by atoms with Gasteiger partial charge in [-0.1, -0.05) is 29.8 Å². The number of hydrogen-bond donors (Lipinski definition) is 1. The maximum Gasteiger partial charge on any atom is 0.338 e. The van der Waals surface area contributed by atoms with Gasteiger partial charge >= 0.3 is 5.97 Å². The molecule has 0 atom stereocenters. The van der Waals surface area contributed by atoms with Crippen LogP contribution in [0.5, 0.6) is 0 Å². The number of furan rings is 1. The second-order valence-corrected chi connectivity index (χ2v) is 6.78. The molecule has 2 aromatic carbocycles. The lowest BCUT2D eigenvalue weighted by atomic mass is 10.0. The monoisotopic (exact) mass is 391 g/mol. The fourth-order valence-electron chi connectivity index (χ4n) is 2.89. The van der Waals surface area contributed by atoms with Crippen molar-refractivity contribution < 1.29 is 23.5 Å². The summed E-state index contributed by atoms with van der Waals surface area (Å²) in [5.74, 6) is -1.17. The molecule has 0 bridgehead atoms. The van der Waals surface area contributed by atoms with Gasteiger partial charge in [-0.15, -0.1) is 0 Å². The molecular weight excluding hydrogens is 370 g/mol. The van der Waals surface area contributed by atoms with E-state index in [9.17, 15) is 14.4 Å². The second-order valence-electron chi connectivity index (χ2n) is 6.78. The zero-order valence-electron chi connectivity index (χ0n) is 16.4. The maximum absolute atomic E-state index is 12.4. The van der Waals surface area contributed by atoms with E-state index >= 15 is 0 Å². The summed E-state index contributed by atoms with van der Waals surface area (Å²) in [6.07, 6.45) is 1.41. The van der Waals surface area contributed by atoms with Crippen molar-refractivity contribution in [3.8, 4) is 0 Å². The van der Waals surface area contributed by atoms with Gasteiger partial charge in [-0.25, -0.2) is 4.79 Å². The number of esters is 1. The van der Waals surface area contributed by atoms with Crippen molar-refractivity contribution in [1.29, 1.82) is 0 Å². The quantitative estimate of drug-likeness (QED) is 0.494. The minimum atomic E-state index is -0.642. The first-order valence-electron chi connectivity index (χ1n) is 9.08. The Labute approximate surface area is 168 Å². The van der Waals surface area contributed by atoms with Crippen LogP contribution in [0, 0.1) is 20.8 Å². The Morgan fingerprint density at radius 1 is 0.966 bits per heavy atom. The summed E-state index contributed by atoms with van der Waals surface area (Å²) in [7, 11) is 0. The third-order valence-electron chi connectivity index (χ3n) is 4.48. The molecule has 1 amide bonds. The first-order valence-corrected chi connectivity index (χ1v) is 9.08. The zero-order valence-corrected chi connectivity index (χ0v) is 16.4. The Hall–Kier alpha value is -3.67. The number of carbonyl (C=O) groups is 3. The van der Waals surface area contributed by atoms with Crippen LogP contribution in [-0.4, -0.2) is 24.3 Å². The van der Waals surface area contributed by atoms with Gasteiger partial charge in [-0.05, 0) is 56.2 Å². The lowest BCUT2D eigenvalue weighted by Gasteiger charge is -2.10. The number of ketones is 1. The van der Waals surface area contributed by atoms with Crippen molar-refractivity contribution in [1.82, 2.24) is 0 Å². The van der Waals surface area contributed by atoms with Crippen LogP contribution in [0.2, 0.25) is 0 Å². The van der Waals surface area contributed by atoms with Crippen molar-refractivity contribution in [2.45, 2.75) is 20.8 Å². The number of carbonyl (C=O) groups excluding carboxylic acids is 3. The molecule has 6 heteroatoms. The van der Waals surface area contributed by atoms with Crippen LogP contribution >= 0.6 is 0 Å². The molecular formula is C23H21NO5. The van der Waals surface area contributed by atoms with E-state index in [1.807, 2.05) is 26.0 Å². The molecule has 3 rings (SSSR count). The van der Waals surface area contributed by atoms with E-state index in [-0.39, 0.29) is 23.7 Å². The molecule has 148 valence electrons. The van der Waals surface area contributed by atoms with Gasteiger partial charge in [0.05, 0.1) is 11.8 Å². The highest BCUT2D eigenvalue weighted by Gasteiger charge is 2.16. The van der Waals surface area contributed by atoms with E-state index in [0.717, 1.165) is 16.7 Å². The average molecular weight is 391 g/mol. The number of ether oxygens (including phenoxy) is 1. The number of anilines is 1. The van der Waals surface area contributed by atoms with E-state index in [1.165, 1.54) is 12.3 Å². The van der Waals surface area contributed by atoms with E-state index < -0.39 is 11.9 Å².